The largest absolute Gasteiger partial charge is 0.493 e. The highest BCUT2D eigenvalue weighted by Gasteiger charge is 2.19. The molecule has 10 heteroatoms. The molecule has 0 aliphatic carbocycles. The Bertz CT molecular complexity index is 1050. The van der Waals surface area contributed by atoms with Crippen LogP contribution in [0.1, 0.15) is 5.56 Å². The van der Waals surface area contributed by atoms with Crippen molar-refractivity contribution in [3.05, 3.63) is 60.2 Å². The number of halogens is 1. The second kappa shape index (κ2) is 7.62. The summed E-state index contributed by atoms with van der Waals surface area (Å²) in [6.45, 7) is 0.253. The van der Waals surface area contributed by atoms with E-state index >= 15 is 0 Å². The fourth-order valence-electron chi connectivity index (χ4n) is 2.40. The third-order valence-electron chi connectivity index (χ3n) is 3.66. The van der Waals surface area contributed by atoms with Crippen molar-refractivity contribution in [2.45, 2.75) is 11.4 Å². The van der Waals surface area contributed by atoms with Crippen LogP contribution in [0.4, 0.5) is 10.3 Å². The molecule has 2 aromatic carbocycles. The molecule has 0 atom stereocenters. The molecule has 0 saturated heterocycles. The van der Waals surface area contributed by atoms with Crippen LogP contribution in [0.25, 0.3) is 0 Å². The van der Waals surface area contributed by atoms with Gasteiger partial charge in [-0.3, -0.25) is 0 Å². The van der Waals surface area contributed by atoms with Crippen LogP contribution in [-0.4, -0.2) is 37.4 Å². The Morgan fingerprint density at radius 2 is 1.89 bits per heavy atom. The van der Waals surface area contributed by atoms with E-state index in [1.54, 1.807) is 12.1 Å². The van der Waals surface area contributed by atoms with Gasteiger partial charge in [0, 0.05) is 6.07 Å². The van der Waals surface area contributed by atoms with Gasteiger partial charge in [0.2, 0.25) is 0 Å². The Morgan fingerprint density at radius 3 is 2.59 bits per heavy atom. The zero-order valence-corrected chi connectivity index (χ0v) is 15.4. The third-order valence-corrected chi connectivity index (χ3v) is 4.99. The van der Waals surface area contributed by atoms with Gasteiger partial charge in [0.1, 0.15) is 12.1 Å². The van der Waals surface area contributed by atoms with Gasteiger partial charge < -0.3 is 9.47 Å². The number of hydrogen-bond donors (Lipinski definition) is 1. The van der Waals surface area contributed by atoms with Gasteiger partial charge in [-0.15, -0.1) is 5.10 Å². The van der Waals surface area contributed by atoms with E-state index in [1.807, 2.05) is 0 Å². The first-order chi connectivity index (χ1) is 12.9. The molecule has 27 heavy (non-hydrogen) atoms. The van der Waals surface area contributed by atoms with E-state index in [4.69, 9.17) is 9.47 Å². The normalized spacial score (nSPS) is 11.2. The number of nitrogens with zero attached hydrogens (tertiary/aromatic N) is 3. The lowest BCUT2D eigenvalue weighted by molar-refractivity contribution is 0.354. The Hall–Kier alpha value is -3.14. The zero-order valence-electron chi connectivity index (χ0n) is 14.6. The fourth-order valence-corrected chi connectivity index (χ4v) is 3.36. The SMILES string of the molecule is COc1ccc(S(=O)(=O)Nc2ncn(Cc3cccc(F)c3)n2)cc1OC. The van der Waals surface area contributed by atoms with Gasteiger partial charge in [-0.2, -0.15) is 4.98 Å². The van der Waals surface area contributed by atoms with Gasteiger partial charge in [-0.25, -0.2) is 22.2 Å². The smallest absolute Gasteiger partial charge is 0.264 e. The van der Waals surface area contributed by atoms with Crippen molar-refractivity contribution < 1.29 is 22.3 Å². The van der Waals surface area contributed by atoms with Gasteiger partial charge in [-0.05, 0) is 29.8 Å². The summed E-state index contributed by atoms with van der Waals surface area (Å²) in [6, 6.07) is 10.2. The summed E-state index contributed by atoms with van der Waals surface area (Å²) in [5, 5.41) is 4.06. The molecule has 3 rings (SSSR count). The van der Waals surface area contributed by atoms with Gasteiger partial charge in [0.05, 0.1) is 25.7 Å². The van der Waals surface area contributed by atoms with Crippen molar-refractivity contribution in [1.82, 2.24) is 14.8 Å². The third kappa shape index (κ3) is 4.34. The topological polar surface area (TPSA) is 95.3 Å². The minimum absolute atomic E-state index is 0.0263. The first kappa shape index (κ1) is 18.6. The highest BCUT2D eigenvalue weighted by molar-refractivity contribution is 7.92. The molecule has 3 aromatic rings. The first-order valence-corrected chi connectivity index (χ1v) is 9.28. The number of benzene rings is 2. The summed E-state index contributed by atoms with van der Waals surface area (Å²) in [4.78, 5) is 3.91. The quantitative estimate of drug-likeness (QED) is 0.663. The predicted molar refractivity (Wildman–Crippen MR) is 95.9 cm³/mol. The van der Waals surface area contributed by atoms with E-state index in [-0.39, 0.29) is 29.0 Å². The molecule has 1 aromatic heterocycles. The van der Waals surface area contributed by atoms with E-state index in [0.717, 1.165) is 0 Å². The number of ether oxygens (including phenoxy) is 2. The Labute approximate surface area is 155 Å². The zero-order chi connectivity index (χ0) is 19.4. The van der Waals surface area contributed by atoms with Gasteiger partial charge in [0.25, 0.3) is 16.0 Å². The summed E-state index contributed by atoms with van der Waals surface area (Å²) in [7, 11) is -1.05. The molecule has 0 unspecified atom stereocenters. The molecule has 0 bridgehead atoms. The van der Waals surface area contributed by atoms with Gasteiger partial charge in [-0.1, -0.05) is 12.1 Å². The molecule has 0 radical (unpaired) electrons. The van der Waals surface area contributed by atoms with E-state index in [2.05, 4.69) is 14.8 Å². The minimum atomic E-state index is -3.92. The van der Waals surface area contributed by atoms with Gasteiger partial charge >= 0.3 is 0 Å². The lowest BCUT2D eigenvalue weighted by atomic mass is 10.2. The molecular weight excluding hydrogens is 375 g/mol. The van der Waals surface area contributed by atoms with E-state index in [0.29, 0.717) is 11.3 Å². The summed E-state index contributed by atoms with van der Waals surface area (Å²) in [5.74, 6) is 0.238. The maximum atomic E-state index is 13.2. The fraction of sp³-hybridized carbons (Fsp3) is 0.176. The molecule has 0 amide bonds. The number of nitrogens with one attached hydrogen (secondary N) is 1. The lowest BCUT2D eigenvalue weighted by Crippen LogP contribution is -2.14. The van der Waals surface area contributed by atoms with Crippen LogP contribution in [0.15, 0.2) is 53.7 Å². The average molecular weight is 392 g/mol. The number of anilines is 1. The average Bonchev–Trinajstić information content (AvgIpc) is 3.07. The maximum Gasteiger partial charge on any atom is 0.264 e. The maximum absolute atomic E-state index is 13.2. The molecule has 0 fully saturated rings. The molecule has 0 spiro atoms. The molecule has 8 nitrogen and oxygen atoms in total. The van der Waals surface area contributed by atoms with Crippen LogP contribution in [0, 0.1) is 5.82 Å². The summed E-state index contributed by atoms with van der Waals surface area (Å²) < 4.78 is 52.2. The number of hydrogen-bond acceptors (Lipinski definition) is 6. The summed E-state index contributed by atoms with van der Waals surface area (Å²) >= 11 is 0. The second-order valence-corrected chi connectivity index (χ2v) is 7.20. The molecule has 0 saturated carbocycles. The molecule has 1 heterocycles. The lowest BCUT2D eigenvalue weighted by Gasteiger charge is -2.10. The Morgan fingerprint density at radius 1 is 1.11 bits per heavy atom. The van der Waals surface area contributed by atoms with E-state index in [9.17, 15) is 12.8 Å². The molecule has 142 valence electrons. The van der Waals surface area contributed by atoms with Crippen molar-refractivity contribution in [1.29, 1.82) is 0 Å². The van der Waals surface area contributed by atoms with Crippen molar-refractivity contribution in [3.63, 3.8) is 0 Å². The summed E-state index contributed by atoms with van der Waals surface area (Å²) in [5.41, 5.74) is 0.675. The van der Waals surface area contributed by atoms with Crippen LogP contribution in [0.5, 0.6) is 11.5 Å². The Kier molecular flexibility index (Phi) is 5.26. The van der Waals surface area contributed by atoms with Crippen LogP contribution < -0.4 is 14.2 Å². The van der Waals surface area contributed by atoms with Gasteiger partial charge in [0.15, 0.2) is 11.5 Å². The monoisotopic (exact) mass is 392 g/mol. The highest BCUT2D eigenvalue weighted by atomic mass is 32.2. The van der Waals surface area contributed by atoms with E-state index < -0.39 is 10.0 Å². The summed E-state index contributed by atoms with van der Waals surface area (Å²) in [6.07, 6.45) is 1.36. The van der Waals surface area contributed by atoms with Crippen molar-refractivity contribution in [3.8, 4) is 11.5 Å². The molecular formula is C17H17FN4O4S. The minimum Gasteiger partial charge on any atom is -0.493 e. The number of methoxy groups -OCH3 is 2. The molecule has 1 N–H and O–H groups in total. The predicted octanol–water partition coefficient (Wildman–Crippen LogP) is 2.28. The van der Waals surface area contributed by atoms with Crippen molar-refractivity contribution in [2.75, 3.05) is 18.9 Å². The highest BCUT2D eigenvalue weighted by Crippen LogP contribution is 2.29. The number of sulfonamides is 1. The van der Waals surface area contributed by atoms with Crippen molar-refractivity contribution >= 4 is 16.0 Å². The van der Waals surface area contributed by atoms with E-state index in [1.165, 1.54) is 55.6 Å². The molecule has 0 aliphatic heterocycles. The standard InChI is InChI=1S/C17H17FN4O4S/c1-25-15-7-6-14(9-16(15)26-2)27(23,24)21-17-19-11-22(20-17)10-12-4-3-5-13(18)8-12/h3-9,11H,10H2,1-2H3,(H,20,21). The number of rotatable bonds is 7. The van der Waals surface area contributed by atoms with Crippen LogP contribution in [0.2, 0.25) is 0 Å². The van der Waals surface area contributed by atoms with Crippen LogP contribution in [0.3, 0.4) is 0 Å². The Balaban J connectivity index is 1.78. The second-order valence-electron chi connectivity index (χ2n) is 5.52. The van der Waals surface area contributed by atoms with Crippen molar-refractivity contribution in [2.24, 2.45) is 0 Å². The van der Waals surface area contributed by atoms with Crippen LogP contribution >= 0.6 is 0 Å². The number of aromatic nitrogens is 3. The van der Waals surface area contributed by atoms with Crippen LogP contribution in [-0.2, 0) is 16.6 Å². The first-order valence-electron chi connectivity index (χ1n) is 7.80. The molecule has 0 aliphatic rings.